The molecule has 0 unspecified atom stereocenters. The van der Waals surface area contributed by atoms with E-state index in [2.05, 4.69) is 91.6 Å². The summed E-state index contributed by atoms with van der Waals surface area (Å²) in [6, 6.07) is 51.4. The van der Waals surface area contributed by atoms with Crippen LogP contribution in [0, 0.1) is 0 Å². The second kappa shape index (κ2) is 12.1. The van der Waals surface area contributed by atoms with Gasteiger partial charge in [0.2, 0.25) is 0 Å². The minimum atomic E-state index is -0.113. The Bertz CT molecular complexity index is 2690. The molecule has 0 radical (unpaired) electrons. The van der Waals surface area contributed by atoms with Gasteiger partial charge in [0.15, 0.2) is 40.5 Å². The number of ether oxygens (including phenoxy) is 2. The van der Waals surface area contributed by atoms with E-state index in [0.717, 1.165) is 50.6 Å². The van der Waals surface area contributed by atoms with Gasteiger partial charge in [0.1, 0.15) is 0 Å². The van der Waals surface area contributed by atoms with Crippen molar-refractivity contribution in [1.82, 2.24) is 19.9 Å². The van der Waals surface area contributed by atoms with E-state index in [9.17, 15) is 0 Å². The fourth-order valence-corrected chi connectivity index (χ4v) is 7.47. The maximum Gasteiger partial charge on any atom is 0.170 e. The van der Waals surface area contributed by atoms with Crippen LogP contribution in [0.1, 0.15) is 25.0 Å². The van der Waals surface area contributed by atoms with E-state index in [0.29, 0.717) is 29.0 Å². The Morgan fingerprint density at radius 1 is 0.396 bits per heavy atom. The average Bonchev–Trinajstić information content (AvgIpc) is 3.44. The highest BCUT2D eigenvalue weighted by Crippen LogP contribution is 2.55. The fourth-order valence-electron chi connectivity index (χ4n) is 7.47. The molecule has 6 nitrogen and oxygen atoms in total. The van der Waals surface area contributed by atoms with Crippen molar-refractivity contribution in [3.63, 3.8) is 0 Å². The average molecular weight is 685 g/mol. The number of aromatic nitrogens is 4. The third kappa shape index (κ3) is 5.35. The van der Waals surface area contributed by atoms with Crippen LogP contribution in [0.15, 0.2) is 158 Å². The second-order valence-corrected chi connectivity index (χ2v) is 13.9. The minimum Gasteiger partial charge on any atom is -0.450 e. The maximum absolute atomic E-state index is 6.53. The Morgan fingerprint density at radius 2 is 1.00 bits per heavy atom. The summed E-state index contributed by atoms with van der Waals surface area (Å²) in [6.07, 6.45) is 1.80. The lowest BCUT2D eigenvalue weighted by atomic mass is 9.82. The number of hydrogen-bond donors (Lipinski definition) is 0. The van der Waals surface area contributed by atoms with Gasteiger partial charge in [-0.3, -0.25) is 4.98 Å². The molecule has 53 heavy (non-hydrogen) atoms. The quantitative estimate of drug-likeness (QED) is 0.180. The van der Waals surface area contributed by atoms with Crippen LogP contribution in [0.3, 0.4) is 0 Å². The minimum absolute atomic E-state index is 0.113. The molecule has 0 atom stereocenters. The van der Waals surface area contributed by atoms with Crippen LogP contribution in [0.5, 0.6) is 23.0 Å². The van der Waals surface area contributed by atoms with Crippen LogP contribution in [0.2, 0.25) is 0 Å². The van der Waals surface area contributed by atoms with Crippen molar-refractivity contribution in [3.8, 4) is 90.7 Å². The Morgan fingerprint density at radius 3 is 1.79 bits per heavy atom. The van der Waals surface area contributed by atoms with Crippen molar-refractivity contribution >= 4 is 0 Å². The molecule has 6 heteroatoms. The normalized spacial score (nSPS) is 13.2. The van der Waals surface area contributed by atoms with Gasteiger partial charge in [-0.2, -0.15) is 0 Å². The number of nitrogens with zero attached hydrogens (tertiary/aromatic N) is 4. The van der Waals surface area contributed by atoms with Crippen LogP contribution in [-0.2, 0) is 5.41 Å². The van der Waals surface area contributed by atoms with Crippen molar-refractivity contribution in [1.29, 1.82) is 0 Å². The summed E-state index contributed by atoms with van der Waals surface area (Å²) < 4.78 is 13.0. The number of pyridine rings is 1. The SMILES string of the molecule is CC1(C)c2ccccc2-c2cc3c(cc21)Oc1ccc(-c2ccc(-c4nc(-c5ccccc5)nc(-c5cccc(-c6ccccn6)c5)n4)cc2)cc1O3. The number of fused-ring (bicyclic) bond motifs is 5. The molecule has 252 valence electrons. The van der Waals surface area contributed by atoms with Gasteiger partial charge in [0, 0.05) is 33.9 Å². The first-order valence-corrected chi connectivity index (χ1v) is 17.7. The van der Waals surface area contributed by atoms with Gasteiger partial charge in [-0.05, 0) is 75.8 Å². The van der Waals surface area contributed by atoms with Crippen LogP contribution in [0.25, 0.3) is 67.7 Å². The van der Waals surface area contributed by atoms with Crippen LogP contribution in [-0.4, -0.2) is 19.9 Å². The smallest absolute Gasteiger partial charge is 0.170 e. The van der Waals surface area contributed by atoms with Gasteiger partial charge in [-0.15, -0.1) is 0 Å². The lowest BCUT2D eigenvalue weighted by molar-refractivity contribution is 0.359. The van der Waals surface area contributed by atoms with Gasteiger partial charge in [-0.25, -0.2) is 15.0 Å². The summed E-state index contributed by atoms with van der Waals surface area (Å²) in [6.45, 7) is 4.54. The second-order valence-electron chi connectivity index (χ2n) is 13.9. The van der Waals surface area contributed by atoms with Gasteiger partial charge in [-0.1, -0.05) is 123 Å². The van der Waals surface area contributed by atoms with E-state index in [1.165, 1.54) is 22.3 Å². The molecule has 2 aliphatic rings. The maximum atomic E-state index is 6.53. The Balaban J connectivity index is 0.975. The first kappa shape index (κ1) is 30.9. The Labute approximate surface area is 307 Å². The summed E-state index contributed by atoms with van der Waals surface area (Å²) in [7, 11) is 0. The fraction of sp³-hybridized carbons (Fsp3) is 0.0638. The predicted octanol–water partition coefficient (Wildman–Crippen LogP) is 11.8. The predicted molar refractivity (Wildman–Crippen MR) is 209 cm³/mol. The molecule has 0 saturated carbocycles. The highest BCUT2D eigenvalue weighted by molar-refractivity contribution is 5.84. The lowest BCUT2D eigenvalue weighted by Crippen LogP contribution is -2.15. The van der Waals surface area contributed by atoms with Crippen LogP contribution in [0.4, 0.5) is 0 Å². The molecule has 0 amide bonds. The van der Waals surface area contributed by atoms with Gasteiger partial charge >= 0.3 is 0 Å². The number of benzene rings is 6. The Hall–Kier alpha value is -6.92. The lowest BCUT2D eigenvalue weighted by Gasteiger charge is -2.25. The van der Waals surface area contributed by atoms with Gasteiger partial charge < -0.3 is 9.47 Å². The standard InChI is InChI=1S/C47H32N4O2/c1-47(2)37-16-7-6-15-35(37)36-27-42-43(28-38(36)47)52-40-23-22-32(26-41(40)53-42)29-18-20-31(21-19-29)45-49-44(30-11-4-3-5-12-30)50-46(51-45)34-14-10-13-33(25-34)39-17-8-9-24-48-39/h3-28H,1-2H3. The summed E-state index contributed by atoms with van der Waals surface area (Å²) in [5, 5.41) is 0. The molecule has 8 aromatic rings. The molecule has 3 heterocycles. The third-order valence-electron chi connectivity index (χ3n) is 10.3. The van der Waals surface area contributed by atoms with Gasteiger partial charge in [0.25, 0.3) is 0 Å². The highest BCUT2D eigenvalue weighted by Gasteiger charge is 2.37. The zero-order chi connectivity index (χ0) is 35.5. The van der Waals surface area contributed by atoms with E-state index in [1.54, 1.807) is 6.20 Å². The first-order chi connectivity index (χ1) is 26.0. The summed E-state index contributed by atoms with van der Waals surface area (Å²) >= 11 is 0. The molecule has 10 rings (SSSR count). The summed E-state index contributed by atoms with van der Waals surface area (Å²) in [5.41, 5.74) is 11.5. The highest BCUT2D eigenvalue weighted by atomic mass is 16.6. The molecule has 0 bridgehead atoms. The Kier molecular flexibility index (Phi) is 7.05. The van der Waals surface area contributed by atoms with Crippen LogP contribution < -0.4 is 9.47 Å². The molecule has 2 aromatic heterocycles. The van der Waals surface area contributed by atoms with Crippen molar-refractivity contribution in [2.24, 2.45) is 0 Å². The van der Waals surface area contributed by atoms with Crippen LogP contribution >= 0.6 is 0 Å². The molecule has 6 aromatic carbocycles. The molecule has 0 fully saturated rings. The van der Waals surface area contributed by atoms with E-state index < -0.39 is 0 Å². The summed E-state index contributed by atoms with van der Waals surface area (Å²) in [5.74, 6) is 4.66. The molecular weight excluding hydrogens is 653 g/mol. The zero-order valence-electron chi connectivity index (χ0n) is 29.1. The number of hydrogen-bond acceptors (Lipinski definition) is 6. The zero-order valence-corrected chi connectivity index (χ0v) is 29.1. The molecule has 1 aliphatic heterocycles. The number of rotatable bonds is 5. The van der Waals surface area contributed by atoms with E-state index in [4.69, 9.17) is 24.4 Å². The topological polar surface area (TPSA) is 70.0 Å². The van der Waals surface area contributed by atoms with E-state index in [-0.39, 0.29) is 5.41 Å². The first-order valence-electron chi connectivity index (χ1n) is 17.7. The molecular formula is C47H32N4O2. The third-order valence-corrected chi connectivity index (χ3v) is 10.3. The molecule has 1 aliphatic carbocycles. The molecule has 0 N–H and O–H groups in total. The van der Waals surface area contributed by atoms with E-state index in [1.807, 2.05) is 78.9 Å². The van der Waals surface area contributed by atoms with Crippen molar-refractivity contribution in [2.45, 2.75) is 19.3 Å². The van der Waals surface area contributed by atoms with E-state index >= 15 is 0 Å². The van der Waals surface area contributed by atoms with Crippen molar-refractivity contribution < 1.29 is 9.47 Å². The summed E-state index contributed by atoms with van der Waals surface area (Å²) in [4.78, 5) is 19.4. The molecule has 0 spiro atoms. The van der Waals surface area contributed by atoms with Crippen molar-refractivity contribution in [3.05, 3.63) is 169 Å². The van der Waals surface area contributed by atoms with Gasteiger partial charge in [0.05, 0.1) is 5.69 Å². The largest absolute Gasteiger partial charge is 0.450 e. The monoisotopic (exact) mass is 684 g/mol. The van der Waals surface area contributed by atoms with Crippen molar-refractivity contribution in [2.75, 3.05) is 0 Å². The molecule has 0 saturated heterocycles.